The van der Waals surface area contributed by atoms with E-state index in [1.807, 2.05) is 0 Å². The highest BCUT2D eigenvalue weighted by molar-refractivity contribution is 7.89. The Morgan fingerprint density at radius 2 is 2.00 bits per heavy atom. The Kier molecular flexibility index (Phi) is 4.75. The van der Waals surface area contributed by atoms with Crippen molar-refractivity contribution in [3.8, 4) is 0 Å². The van der Waals surface area contributed by atoms with Gasteiger partial charge in [0.1, 0.15) is 0 Å². The van der Waals surface area contributed by atoms with Crippen LogP contribution in [-0.2, 0) is 14.8 Å². The Hall–Kier alpha value is -1.31. The lowest BCUT2D eigenvalue weighted by Crippen LogP contribution is -2.33. The summed E-state index contributed by atoms with van der Waals surface area (Å²) in [6.45, 7) is 4.47. The van der Waals surface area contributed by atoms with Gasteiger partial charge in [0.05, 0.1) is 16.3 Å². The number of nitrogens with one attached hydrogen (secondary N) is 2. The third-order valence-corrected chi connectivity index (χ3v) is 5.42. The van der Waals surface area contributed by atoms with Crippen molar-refractivity contribution in [3.05, 3.63) is 18.2 Å². The van der Waals surface area contributed by atoms with Gasteiger partial charge in [-0.25, -0.2) is 13.1 Å². The van der Waals surface area contributed by atoms with Gasteiger partial charge in [-0.1, -0.05) is 6.92 Å². The molecule has 4 N–H and O–H groups in total. The molecule has 0 radical (unpaired) electrons. The summed E-state index contributed by atoms with van der Waals surface area (Å²) in [6.07, 6.45) is 1.96. The third-order valence-electron chi connectivity index (χ3n) is 4.01. The highest BCUT2D eigenvalue weighted by atomic mass is 32.2. The summed E-state index contributed by atoms with van der Waals surface area (Å²) in [6, 6.07) is 4.69. The SMILES string of the molecule is CNS(=O)(=O)c1ccc(N)c(NCC2(C)CCOCC2)c1. The van der Waals surface area contributed by atoms with Gasteiger partial charge in [-0.2, -0.15) is 0 Å². The van der Waals surface area contributed by atoms with Crippen LogP contribution >= 0.6 is 0 Å². The lowest BCUT2D eigenvalue weighted by molar-refractivity contribution is 0.0300. The van der Waals surface area contributed by atoms with Gasteiger partial charge in [0, 0.05) is 19.8 Å². The average molecular weight is 313 g/mol. The molecule has 1 aromatic carbocycles. The number of nitrogen functional groups attached to an aromatic ring is 1. The number of nitrogens with two attached hydrogens (primary N) is 1. The minimum atomic E-state index is -3.46. The van der Waals surface area contributed by atoms with Crippen molar-refractivity contribution in [2.24, 2.45) is 5.41 Å². The summed E-state index contributed by atoms with van der Waals surface area (Å²) in [5.74, 6) is 0. The summed E-state index contributed by atoms with van der Waals surface area (Å²) in [7, 11) is -2.07. The van der Waals surface area contributed by atoms with E-state index < -0.39 is 10.0 Å². The molecule has 1 heterocycles. The van der Waals surface area contributed by atoms with E-state index in [1.54, 1.807) is 12.1 Å². The summed E-state index contributed by atoms with van der Waals surface area (Å²) in [4.78, 5) is 0.207. The molecule has 21 heavy (non-hydrogen) atoms. The zero-order valence-electron chi connectivity index (χ0n) is 12.5. The number of anilines is 2. The number of sulfonamides is 1. The zero-order valence-corrected chi connectivity index (χ0v) is 13.3. The van der Waals surface area contributed by atoms with E-state index in [1.165, 1.54) is 13.1 Å². The van der Waals surface area contributed by atoms with Gasteiger partial charge >= 0.3 is 0 Å². The van der Waals surface area contributed by atoms with Crippen LogP contribution in [0.25, 0.3) is 0 Å². The van der Waals surface area contributed by atoms with E-state index in [9.17, 15) is 8.42 Å². The minimum absolute atomic E-state index is 0.141. The van der Waals surface area contributed by atoms with Crippen molar-refractivity contribution < 1.29 is 13.2 Å². The van der Waals surface area contributed by atoms with Crippen molar-refractivity contribution in [2.75, 3.05) is 37.9 Å². The maximum absolute atomic E-state index is 11.8. The predicted octanol–water partition coefficient (Wildman–Crippen LogP) is 1.41. The Morgan fingerprint density at radius 3 is 2.62 bits per heavy atom. The number of rotatable bonds is 5. The van der Waals surface area contributed by atoms with Crippen LogP contribution < -0.4 is 15.8 Å². The van der Waals surface area contributed by atoms with E-state index in [0.29, 0.717) is 11.4 Å². The summed E-state index contributed by atoms with van der Waals surface area (Å²) in [5, 5.41) is 3.29. The molecule has 0 unspecified atom stereocenters. The monoisotopic (exact) mass is 313 g/mol. The van der Waals surface area contributed by atoms with Crippen LogP contribution in [0.15, 0.2) is 23.1 Å². The van der Waals surface area contributed by atoms with Gasteiger partial charge in [0.15, 0.2) is 0 Å². The van der Waals surface area contributed by atoms with Gasteiger partial charge in [-0.15, -0.1) is 0 Å². The highest BCUT2D eigenvalue weighted by Crippen LogP contribution is 2.31. The van der Waals surface area contributed by atoms with Crippen molar-refractivity contribution in [1.29, 1.82) is 0 Å². The van der Waals surface area contributed by atoms with Crippen molar-refractivity contribution in [1.82, 2.24) is 4.72 Å². The predicted molar refractivity (Wildman–Crippen MR) is 83.7 cm³/mol. The zero-order chi connectivity index (χ0) is 15.5. The molecule has 1 aliphatic heterocycles. The first kappa shape index (κ1) is 16.1. The Balaban J connectivity index is 2.14. The van der Waals surface area contributed by atoms with Crippen molar-refractivity contribution in [3.63, 3.8) is 0 Å². The molecule has 0 aromatic heterocycles. The minimum Gasteiger partial charge on any atom is -0.397 e. The van der Waals surface area contributed by atoms with Crippen LogP contribution in [0.5, 0.6) is 0 Å². The maximum Gasteiger partial charge on any atom is 0.240 e. The number of ether oxygens (including phenoxy) is 1. The van der Waals surface area contributed by atoms with Crippen LogP contribution in [0.3, 0.4) is 0 Å². The third kappa shape index (κ3) is 3.87. The van der Waals surface area contributed by atoms with Crippen LogP contribution in [0.2, 0.25) is 0 Å². The second kappa shape index (κ2) is 6.21. The standard InChI is InChI=1S/C14H23N3O3S/c1-14(5-7-20-8-6-14)10-17-13-9-11(3-4-12(13)15)21(18,19)16-2/h3-4,9,16-17H,5-8,10,15H2,1-2H3. The first-order valence-electron chi connectivity index (χ1n) is 7.01. The molecule has 118 valence electrons. The maximum atomic E-state index is 11.8. The second-order valence-electron chi connectivity index (χ2n) is 5.73. The molecule has 7 heteroatoms. The van der Waals surface area contributed by atoms with Gasteiger partial charge in [-0.3, -0.25) is 0 Å². The van der Waals surface area contributed by atoms with E-state index in [-0.39, 0.29) is 10.3 Å². The first-order chi connectivity index (χ1) is 9.86. The largest absolute Gasteiger partial charge is 0.397 e. The van der Waals surface area contributed by atoms with Gasteiger partial charge in [0.25, 0.3) is 0 Å². The van der Waals surface area contributed by atoms with Gasteiger partial charge in [0.2, 0.25) is 10.0 Å². The van der Waals surface area contributed by atoms with E-state index in [0.717, 1.165) is 32.6 Å². The van der Waals surface area contributed by atoms with E-state index in [4.69, 9.17) is 10.5 Å². The fourth-order valence-corrected chi connectivity index (χ4v) is 3.08. The quantitative estimate of drug-likeness (QED) is 0.715. The molecule has 0 amide bonds. The molecular formula is C14H23N3O3S. The van der Waals surface area contributed by atoms with Crippen LogP contribution in [0.1, 0.15) is 19.8 Å². The number of benzene rings is 1. The summed E-state index contributed by atoms with van der Waals surface area (Å²) < 4.78 is 31.4. The molecule has 0 aliphatic carbocycles. The molecule has 6 nitrogen and oxygen atoms in total. The average Bonchev–Trinajstić information content (AvgIpc) is 2.47. The summed E-state index contributed by atoms with van der Waals surface area (Å²) in [5.41, 5.74) is 7.27. The van der Waals surface area contributed by atoms with Crippen LogP contribution in [0, 0.1) is 5.41 Å². The fraction of sp³-hybridized carbons (Fsp3) is 0.571. The van der Waals surface area contributed by atoms with E-state index >= 15 is 0 Å². The van der Waals surface area contributed by atoms with Crippen molar-refractivity contribution >= 4 is 21.4 Å². The second-order valence-corrected chi connectivity index (χ2v) is 7.62. The Morgan fingerprint density at radius 1 is 1.33 bits per heavy atom. The lowest BCUT2D eigenvalue weighted by Gasteiger charge is -2.34. The molecular weight excluding hydrogens is 290 g/mol. The topological polar surface area (TPSA) is 93.5 Å². The first-order valence-corrected chi connectivity index (χ1v) is 8.49. The lowest BCUT2D eigenvalue weighted by atomic mass is 9.82. The molecule has 1 aromatic rings. The highest BCUT2D eigenvalue weighted by Gasteiger charge is 2.27. The molecule has 1 fully saturated rings. The Labute approximate surface area is 126 Å². The molecule has 0 spiro atoms. The smallest absolute Gasteiger partial charge is 0.240 e. The molecule has 1 saturated heterocycles. The fourth-order valence-electron chi connectivity index (χ4n) is 2.32. The van der Waals surface area contributed by atoms with Crippen LogP contribution in [0.4, 0.5) is 11.4 Å². The van der Waals surface area contributed by atoms with Gasteiger partial charge in [-0.05, 0) is 43.5 Å². The normalized spacial score (nSPS) is 18.4. The van der Waals surface area contributed by atoms with E-state index in [2.05, 4.69) is 17.0 Å². The molecule has 2 rings (SSSR count). The van der Waals surface area contributed by atoms with Crippen molar-refractivity contribution in [2.45, 2.75) is 24.7 Å². The molecule has 0 bridgehead atoms. The van der Waals surface area contributed by atoms with Gasteiger partial charge < -0.3 is 15.8 Å². The molecule has 0 saturated carbocycles. The Bertz CT molecular complexity index is 595. The summed E-state index contributed by atoms with van der Waals surface area (Å²) >= 11 is 0. The molecule has 0 atom stereocenters. The molecule has 1 aliphatic rings. The van der Waals surface area contributed by atoms with Crippen LogP contribution in [-0.4, -0.2) is 35.2 Å². The number of hydrogen-bond acceptors (Lipinski definition) is 5. The number of hydrogen-bond donors (Lipinski definition) is 3.